The first-order valence-electron chi connectivity index (χ1n) is 4.80. The fourth-order valence-corrected chi connectivity index (χ4v) is 2.21. The third kappa shape index (κ3) is 2.52. The van der Waals surface area contributed by atoms with Crippen LogP contribution in [-0.2, 0) is 6.54 Å². The van der Waals surface area contributed by atoms with Crippen LogP contribution in [0.1, 0.15) is 5.56 Å². The van der Waals surface area contributed by atoms with Gasteiger partial charge in [-0.25, -0.2) is 4.68 Å². The van der Waals surface area contributed by atoms with E-state index >= 15 is 0 Å². The first-order valence-corrected chi connectivity index (χ1v) is 7.11. The number of halogens is 1. The van der Waals surface area contributed by atoms with E-state index in [9.17, 15) is 0 Å². The van der Waals surface area contributed by atoms with Crippen molar-refractivity contribution in [3.63, 3.8) is 0 Å². The van der Waals surface area contributed by atoms with Gasteiger partial charge in [0, 0.05) is 4.90 Å². The summed E-state index contributed by atoms with van der Waals surface area (Å²) in [7, 11) is 0. The Kier molecular flexibility index (Phi) is 3.75. The minimum Gasteiger partial charge on any atom is -0.383 e. The van der Waals surface area contributed by atoms with Gasteiger partial charge in [0.1, 0.15) is 5.82 Å². The summed E-state index contributed by atoms with van der Waals surface area (Å²) in [6.45, 7) is 0.726. The molecule has 84 valence electrons. The van der Waals surface area contributed by atoms with Crippen molar-refractivity contribution >= 4 is 40.2 Å². The van der Waals surface area contributed by atoms with Crippen LogP contribution in [0.4, 0.5) is 5.82 Å². The molecule has 0 atom stereocenters. The average Bonchev–Trinajstić information content (AvgIpc) is 2.62. The molecule has 0 saturated heterocycles. The highest BCUT2D eigenvalue weighted by atomic mass is 127. The minimum atomic E-state index is 0.726. The van der Waals surface area contributed by atoms with Crippen LogP contribution < -0.4 is 5.73 Å². The molecule has 5 heteroatoms. The molecule has 16 heavy (non-hydrogen) atoms. The van der Waals surface area contributed by atoms with E-state index in [0.717, 1.165) is 15.9 Å². The van der Waals surface area contributed by atoms with E-state index in [1.807, 2.05) is 4.68 Å². The Labute approximate surface area is 113 Å². The van der Waals surface area contributed by atoms with Crippen molar-refractivity contribution < 1.29 is 0 Å². The van der Waals surface area contributed by atoms with Gasteiger partial charge in [-0.1, -0.05) is 12.1 Å². The van der Waals surface area contributed by atoms with Crippen molar-refractivity contribution in [3.05, 3.63) is 39.6 Å². The predicted octanol–water partition coefficient (Wildman–Crippen LogP) is 2.84. The summed E-state index contributed by atoms with van der Waals surface area (Å²) in [5.41, 5.74) is 7.11. The predicted molar refractivity (Wildman–Crippen MR) is 76.7 cm³/mol. The number of nitrogens with zero attached hydrogens (tertiary/aromatic N) is 2. The van der Waals surface area contributed by atoms with Crippen LogP contribution in [0.3, 0.4) is 0 Å². The lowest BCUT2D eigenvalue weighted by atomic mass is 10.2. The van der Waals surface area contributed by atoms with E-state index in [2.05, 4.69) is 58.2 Å². The van der Waals surface area contributed by atoms with Gasteiger partial charge in [-0.05, 0) is 46.5 Å². The first-order chi connectivity index (χ1) is 7.70. The highest BCUT2D eigenvalue weighted by molar-refractivity contribution is 14.1. The van der Waals surface area contributed by atoms with Crippen molar-refractivity contribution in [2.24, 2.45) is 0 Å². The van der Waals surface area contributed by atoms with E-state index in [-0.39, 0.29) is 0 Å². The maximum atomic E-state index is 5.90. The number of nitrogens with two attached hydrogens (primary N) is 1. The molecule has 0 radical (unpaired) electrons. The second kappa shape index (κ2) is 5.09. The SMILES string of the molecule is CSc1ccc(Cn2ncc(I)c2N)cc1. The third-order valence-electron chi connectivity index (χ3n) is 2.32. The third-order valence-corrected chi connectivity index (χ3v) is 3.90. The van der Waals surface area contributed by atoms with E-state index in [1.165, 1.54) is 10.5 Å². The van der Waals surface area contributed by atoms with Crippen molar-refractivity contribution in [2.75, 3.05) is 12.0 Å². The van der Waals surface area contributed by atoms with Gasteiger partial charge in [0.05, 0.1) is 16.3 Å². The lowest BCUT2D eigenvalue weighted by molar-refractivity contribution is 0.696. The average molecular weight is 345 g/mol. The number of nitrogen functional groups attached to an aromatic ring is 1. The zero-order chi connectivity index (χ0) is 11.5. The first kappa shape index (κ1) is 11.8. The van der Waals surface area contributed by atoms with Gasteiger partial charge in [-0.15, -0.1) is 11.8 Å². The maximum Gasteiger partial charge on any atom is 0.135 e. The molecule has 0 bridgehead atoms. The molecule has 0 saturated carbocycles. The largest absolute Gasteiger partial charge is 0.383 e. The second-order valence-electron chi connectivity index (χ2n) is 3.38. The van der Waals surface area contributed by atoms with Gasteiger partial charge in [0.15, 0.2) is 0 Å². The number of thioether (sulfide) groups is 1. The van der Waals surface area contributed by atoms with E-state index in [0.29, 0.717) is 0 Å². The molecule has 0 spiro atoms. The molecule has 2 aromatic rings. The van der Waals surface area contributed by atoms with Crippen LogP contribution in [0.25, 0.3) is 0 Å². The van der Waals surface area contributed by atoms with E-state index in [4.69, 9.17) is 5.73 Å². The van der Waals surface area contributed by atoms with Crippen LogP contribution in [0, 0.1) is 3.57 Å². The number of hydrogen-bond acceptors (Lipinski definition) is 3. The van der Waals surface area contributed by atoms with Crippen molar-refractivity contribution in [1.82, 2.24) is 9.78 Å². The summed E-state index contributed by atoms with van der Waals surface area (Å²) >= 11 is 3.93. The number of aromatic nitrogens is 2. The van der Waals surface area contributed by atoms with Gasteiger partial charge in [0.2, 0.25) is 0 Å². The van der Waals surface area contributed by atoms with Gasteiger partial charge in [0.25, 0.3) is 0 Å². The van der Waals surface area contributed by atoms with Crippen LogP contribution in [0.5, 0.6) is 0 Å². The zero-order valence-electron chi connectivity index (χ0n) is 8.85. The highest BCUT2D eigenvalue weighted by Gasteiger charge is 2.04. The Hall–Kier alpha value is -0.690. The normalized spacial score (nSPS) is 10.6. The summed E-state index contributed by atoms with van der Waals surface area (Å²) in [5.74, 6) is 0.731. The van der Waals surface area contributed by atoms with Crippen molar-refractivity contribution in [3.8, 4) is 0 Å². The molecule has 0 unspecified atom stereocenters. The molecule has 1 aromatic carbocycles. The van der Waals surface area contributed by atoms with Crippen molar-refractivity contribution in [1.29, 1.82) is 0 Å². The molecule has 0 fully saturated rings. The van der Waals surface area contributed by atoms with Gasteiger partial charge in [-0.2, -0.15) is 5.10 Å². The number of hydrogen-bond donors (Lipinski definition) is 1. The molecule has 1 aromatic heterocycles. The second-order valence-corrected chi connectivity index (χ2v) is 5.43. The summed E-state index contributed by atoms with van der Waals surface area (Å²) in [4.78, 5) is 1.27. The standard InChI is InChI=1S/C11H12IN3S/c1-16-9-4-2-8(3-5-9)7-15-11(13)10(12)6-14-15/h2-6H,7,13H2,1H3. The lowest BCUT2D eigenvalue weighted by Gasteiger charge is -2.05. The molecule has 0 aliphatic rings. The monoisotopic (exact) mass is 345 g/mol. The van der Waals surface area contributed by atoms with Crippen LogP contribution in [0.2, 0.25) is 0 Å². The fourth-order valence-electron chi connectivity index (χ4n) is 1.40. The quantitative estimate of drug-likeness (QED) is 0.687. The Bertz CT molecular complexity index is 478. The molecule has 1 heterocycles. The summed E-state index contributed by atoms with van der Waals surface area (Å²) in [5, 5.41) is 4.23. The molecule has 0 aliphatic carbocycles. The number of rotatable bonds is 3. The van der Waals surface area contributed by atoms with Crippen molar-refractivity contribution in [2.45, 2.75) is 11.4 Å². The Morgan fingerprint density at radius 2 is 2.06 bits per heavy atom. The van der Waals surface area contributed by atoms with Gasteiger partial charge in [-0.3, -0.25) is 0 Å². The van der Waals surface area contributed by atoms with E-state index in [1.54, 1.807) is 18.0 Å². The molecule has 0 amide bonds. The molecular formula is C11H12IN3S. The summed E-state index contributed by atoms with van der Waals surface area (Å²) in [6.07, 6.45) is 3.86. The lowest BCUT2D eigenvalue weighted by Crippen LogP contribution is -2.06. The molecule has 0 aliphatic heterocycles. The number of benzene rings is 1. The molecule has 2 rings (SSSR count). The van der Waals surface area contributed by atoms with Crippen LogP contribution >= 0.6 is 34.4 Å². The molecular weight excluding hydrogens is 333 g/mol. The molecule has 3 nitrogen and oxygen atoms in total. The minimum absolute atomic E-state index is 0.726. The fraction of sp³-hybridized carbons (Fsp3) is 0.182. The van der Waals surface area contributed by atoms with Crippen LogP contribution in [0.15, 0.2) is 35.4 Å². The summed E-state index contributed by atoms with van der Waals surface area (Å²) < 4.78 is 2.81. The summed E-state index contributed by atoms with van der Waals surface area (Å²) in [6, 6.07) is 8.45. The topological polar surface area (TPSA) is 43.8 Å². The number of anilines is 1. The zero-order valence-corrected chi connectivity index (χ0v) is 11.8. The Morgan fingerprint density at radius 3 is 2.56 bits per heavy atom. The smallest absolute Gasteiger partial charge is 0.135 e. The molecule has 2 N–H and O–H groups in total. The van der Waals surface area contributed by atoms with Gasteiger partial charge < -0.3 is 5.73 Å². The maximum absolute atomic E-state index is 5.90. The Morgan fingerprint density at radius 1 is 1.38 bits per heavy atom. The Balaban J connectivity index is 2.17. The highest BCUT2D eigenvalue weighted by Crippen LogP contribution is 2.18. The van der Waals surface area contributed by atoms with Crippen LogP contribution in [-0.4, -0.2) is 16.0 Å². The van der Waals surface area contributed by atoms with E-state index < -0.39 is 0 Å². The van der Waals surface area contributed by atoms with Gasteiger partial charge >= 0.3 is 0 Å².